The molecule has 0 bridgehead atoms. The van der Waals surface area contributed by atoms with Gasteiger partial charge in [-0.25, -0.2) is 4.79 Å². The van der Waals surface area contributed by atoms with E-state index in [0.717, 1.165) is 5.56 Å². The van der Waals surface area contributed by atoms with E-state index in [4.69, 9.17) is 26.8 Å². The second-order valence-electron chi connectivity index (χ2n) is 8.02. The summed E-state index contributed by atoms with van der Waals surface area (Å²) in [4.78, 5) is 82.5. The number of carbonyl (C=O) groups is 7. The van der Waals surface area contributed by atoms with Gasteiger partial charge in [-0.3, -0.25) is 28.8 Å². The Balaban J connectivity index is 3.01. The maximum atomic E-state index is 12.9. The average molecular weight is 523 g/mol. The molecule has 0 aliphatic heterocycles. The van der Waals surface area contributed by atoms with E-state index in [1.807, 2.05) is 5.32 Å². The fraction of sp³-hybridized carbons (Fsp3) is 0.409. The summed E-state index contributed by atoms with van der Waals surface area (Å²) in [5.41, 5.74) is 11.8. The number of carboxylic acid groups (broad SMARTS) is 3. The lowest BCUT2D eigenvalue weighted by Gasteiger charge is -2.24. The SMILES string of the molecule is NC(=O)CCC(NC(=O)C(N)Cc1ccccc1)C(=O)NC(CC(=O)O)C(=O)NC(CC(=O)O)C(=O)O. The van der Waals surface area contributed by atoms with Gasteiger partial charge >= 0.3 is 17.9 Å². The maximum Gasteiger partial charge on any atom is 0.326 e. The van der Waals surface area contributed by atoms with E-state index in [9.17, 15) is 33.6 Å². The minimum Gasteiger partial charge on any atom is -0.481 e. The zero-order chi connectivity index (χ0) is 28.1. The van der Waals surface area contributed by atoms with Crippen molar-refractivity contribution in [1.29, 1.82) is 0 Å². The number of nitrogens with one attached hydrogen (secondary N) is 3. The van der Waals surface area contributed by atoms with Crippen molar-refractivity contribution in [3.63, 3.8) is 0 Å². The molecule has 1 aromatic carbocycles. The Bertz CT molecular complexity index is 1020. The molecule has 4 amide bonds. The van der Waals surface area contributed by atoms with Crippen LogP contribution in [-0.2, 0) is 40.0 Å². The number of carboxylic acids is 3. The fourth-order valence-electron chi connectivity index (χ4n) is 3.10. The van der Waals surface area contributed by atoms with E-state index in [0.29, 0.717) is 0 Å². The first kappa shape index (κ1) is 30.5. The van der Waals surface area contributed by atoms with Gasteiger partial charge in [0.25, 0.3) is 0 Å². The van der Waals surface area contributed by atoms with E-state index in [-0.39, 0.29) is 19.3 Å². The van der Waals surface area contributed by atoms with Crippen LogP contribution >= 0.6 is 0 Å². The van der Waals surface area contributed by atoms with Crippen LogP contribution < -0.4 is 27.4 Å². The highest BCUT2D eigenvalue weighted by Crippen LogP contribution is 2.05. The molecule has 37 heavy (non-hydrogen) atoms. The smallest absolute Gasteiger partial charge is 0.326 e. The summed E-state index contributed by atoms with van der Waals surface area (Å²) < 4.78 is 0. The van der Waals surface area contributed by atoms with Gasteiger partial charge in [0.2, 0.25) is 23.6 Å². The third-order valence-corrected chi connectivity index (χ3v) is 4.95. The molecular weight excluding hydrogens is 494 g/mol. The first-order chi connectivity index (χ1) is 17.3. The Morgan fingerprint density at radius 3 is 1.73 bits per heavy atom. The summed E-state index contributed by atoms with van der Waals surface area (Å²) in [6.07, 6.45) is -2.57. The fourth-order valence-corrected chi connectivity index (χ4v) is 3.10. The van der Waals surface area contributed by atoms with Gasteiger partial charge in [-0.2, -0.15) is 0 Å². The minimum atomic E-state index is -1.90. The number of amides is 4. The summed E-state index contributed by atoms with van der Waals surface area (Å²) in [6.45, 7) is 0. The molecule has 4 unspecified atom stereocenters. The number of rotatable bonds is 16. The first-order valence-electron chi connectivity index (χ1n) is 11.0. The lowest BCUT2D eigenvalue weighted by Crippen LogP contribution is -2.57. The molecule has 15 heteroatoms. The van der Waals surface area contributed by atoms with Crippen molar-refractivity contribution in [3.8, 4) is 0 Å². The van der Waals surface area contributed by atoms with E-state index in [1.54, 1.807) is 30.3 Å². The predicted octanol–water partition coefficient (Wildman–Crippen LogP) is -2.69. The minimum absolute atomic E-state index is 0.112. The topological polar surface area (TPSA) is 268 Å². The number of primary amides is 1. The Morgan fingerprint density at radius 2 is 1.22 bits per heavy atom. The monoisotopic (exact) mass is 523 g/mol. The molecule has 1 rings (SSSR count). The molecule has 0 fully saturated rings. The average Bonchev–Trinajstić information content (AvgIpc) is 2.80. The number of hydrogen-bond acceptors (Lipinski definition) is 8. The third-order valence-electron chi connectivity index (χ3n) is 4.95. The van der Waals surface area contributed by atoms with Crippen molar-refractivity contribution in [2.45, 2.75) is 56.3 Å². The molecule has 0 radical (unpaired) electrons. The predicted molar refractivity (Wildman–Crippen MR) is 124 cm³/mol. The van der Waals surface area contributed by atoms with E-state index < -0.39 is 78.5 Å². The normalized spacial score (nSPS) is 13.8. The van der Waals surface area contributed by atoms with E-state index >= 15 is 0 Å². The highest BCUT2D eigenvalue weighted by atomic mass is 16.4. The van der Waals surface area contributed by atoms with Gasteiger partial charge in [0.1, 0.15) is 18.1 Å². The summed E-state index contributed by atoms with van der Waals surface area (Å²) in [5, 5.41) is 33.3. The third kappa shape index (κ3) is 11.6. The lowest BCUT2D eigenvalue weighted by molar-refractivity contribution is -0.148. The molecular formula is C22H29N5O10. The van der Waals surface area contributed by atoms with Gasteiger partial charge in [0.15, 0.2) is 0 Å². The van der Waals surface area contributed by atoms with Crippen LogP contribution in [0.25, 0.3) is 0 Å². The van der Waals surface area contributed by atoms with Crippen LogP contribution in [0, 0.1) is 0 Å². The van der Waals surface area contributed by atoms with Gasteiger partial charge in [0.05, 0.1) is 18.9 Å². The highest BCUT2D eigenvalue weighted by molar-refractivity contribution is 5.96. The van der Waals surface area contributed by atoms with Gasteiger partial charge in [-0.1, -0.05) is 30.3 Å². The molecule has 15 nitrogen and oxygen atoms in total. The summed E-state index contributed by atoms with van der Waals surface area (Å²) in [5.74, 6) is -8.74. The number of aliphatic carboxylic acids is 3. The standard InChI is InChI=1S/C22H29N5O10/c23-12(8-11-4-2-1-3-5-11)19(33)25-13(6-7-16(24)28)20(34)26-14(9-17(29)30)21(35)27-15(22(36)37)10-18(31)32/h1-5,12-15H,6-10,23H2,(H2,24,28)(H,25,33)(H,26,34)(H,27,35)(H,29,30)(H,31,32)(H,36,37). The van der Waals surface area contributed by atoms with Gasteiger partial charge in [-0.15, -0.1) is 0 Å². The first-order valence-corrected chi connectivity index (χ1v) is 11.0. The molecule has 0 aromatic heterocycles. The van der Waals surface area contributed by atoms with E-state index in [1.165, 1.54) is 0 Å². The number of benzene rings is 1. The van der Waals surface area contributed by atoms with Crippen LogP contribution in [0.1, 0.15) is 31.2 Å². The largest absolute Gasteiger partial charge is 0.481 e. The van der Waals surface area contributed by atoms with E-state index in [2.05, 4.69) is 10.6 Å². The maximum absolute atomic E-state index is 12.9. The van der Waals surface area contributed by atoms with Crippen LogP contribution in [0.2, 0.25) is 0 Å². The Hall–Kier alpha value is -4.53. The second-order valence-corrected chi connectivity index (χ2v) is 8.02. The second kappa shape index (κ2) is 14.8. The number of nitrogens with two attached hydrogens (primary N) is 2. The quantitative estimate of drug-likeness (QED) is 0.110. The number of carbonyl (C=O) groups excluding carboxylic acids is 4. The number of hydrogen-bond donors (Lipinski definition) is 8. The molecule has 0 heterocycles. The molecule has 4 atom stereocenters. The zero-order valence-electron chi connectivity index (χ0n) is 19.6. The molecule has 202 valence electrons. The Morgan fingerprint density at radius 1 is 0.730 bits per heavy atom. The van der Waals surface area contributed by atoms with Crippen molar-refractivity contribution in [2.24, 2.45) is 11.5 Å². The van der Waals surface area contributed by atoms with Gasteiger partial charge in [0, 0.05) is 6.42 Å². The molecule has 0 saturated carbocycles. The van der Waals surface area contributed by atoms with Crippen LogP contribution in [0.4, 0.5) is 0 Å². The molecule has 0 aliphatic rings. The van der Waals surface area contributed by atoms with Crippen molar-refractivity contribution in [3.05, 3.63) is 35.9 Å². The van der Waals surface area contributed by atoms with Gasteiger partial charge < -0.3 is 42.7 Å². The van der Waals surface area contributed by atoms with Crippen LogP contribution in [0.3, 0.4) is 0 Å². The molecule has 10 N–H and O–H groups in total. The Kier molecular flexibility index (Phi) is 12.2. The highest BCUT2D eigenvalue weighted by Gasteiger charge is 2.32. The van der Waals surface area contributed by atoms with Crippen LogP contribution in [-0.4, -0.2) is 81.0 Å². The summed E-state index contributed by atoms with van der Waals surface area (Å²) in [6, 6.07) is 2.40. The zero-order valence-corrected chi connectivity index (χ0v) is 19.6. The summed E-state index contributed by atoms with van der Waals surface area (Å²) in [7, 11) is 0. The molecule has 0 aliphatic carbocycles. The molecule has 0 spiro atoms. The molecule has 1 aromatic rings. The van der Waals surface area contributed by atoms with Crippen molar-refractivity contribution >= 4 is 41.5 Å². The van der Waals surface area contributed by atoms with Crippen LogP contribution in [0.15, 0.2) is 30.3 Å². The van der Waals surface area contributed by atoms with Crippen molar-refractivity contribution in [2.75, 3.05) is 0 Å². The molecule has 0 saturated heterocycles. The van der Waals surface area contributed by atoms with Crippen LogP contribution in [0.5, 0.6) is 0 Å². The summed E-state index contributed by atoms with van der Waals surface area (Å²) >= 11 is 0. The Labute approximate surface area is 210 Å². The van der Waals surface area contributed by atoms with Crippen molar-refractivity contribution in [1.82, 2.24) is 16.0 Å². The lowest BCUT2D eigenvalue weighted by atomic mass is 10.0. The van der Waals surface area contributed by atoms with Gasteiger partial charge in [-0.05, 0) is 18.4 Å². The van der Waals surface area contributed by atoms with Crippen molar-refractivity contribution < 1.29 is 48.9 Å².